The van der Waals surface area contributed by atoms with Gasteiger partial charge in [-0.3, -0.25) is 9.48 Å². The topological polar surface area (TPSA) is 56.2 Å². The smallest absolute Gasteiger partial charge is 0.256 e. The first-order chi connectivity index (χ1) is 15.1. The van der Waals surface area contributed by atoms with Crippen molar-refractivity contribution in [3.63, 3.8) is 0 Å². The van der Waals surface area contributed by atoms with E-state index in [4.69, 9.17) is 16.3 Å². The number of ether oxygens (including phenoxy) is 1. The van der Waals surface area contributed by atoms with Gasteiger partial charge in [-0.15, -0.1) is 0 Å². The molecular weight excluding hydrogens is 478 g/mol. The first-order valence-corrected chi connectivity index (χ1v) is 10.8. The summed E-state index contributed by atoms with van der Waals surface area (Å²) in [4.78, 5) is 12.7. The van der Waals surface area contributed by atoms with Crippen molar-refractivity contribution in [2.24, 2.45) is 0 Å². The van der Waals surface area contributed by atoms with E-state index in [-0.39, 0.29) is 5.91 Å². The summed E-state index contributed by atoms with van der Waals surface area (Å²) >= 11 is 9.68. The number of aromatic nitrogens is 2. The largest absolute Gasteiger partial charge is 0.488 e. The van der Waals surface area contributed by atoms with Gasteiger partial charge in [0.25, 0.3) is 5.91 Å². The van der Waals surface area contributed by atoms with Gasteiger partial charge < -0.3 is 10.1 Å². The zero-order valence-corrected chi connectivity index (χ0v) is 18.8. The van der Waals surface area contributed by atoms with Crippen LogP contribution in [-0.4, -0.2) is 15.7 Å². The van der Waals surface area contributed by atoms with Crippen LogP contribution in [0.1, 0.15) is 21.5 Å². The van der Waals surface area contributed by atoms with Crippen LogP contribution in [0.15, 0.2) is 89.5 Å². The van der Waals surface area contributed by atoms with E-state index in [1.165, 1.54) is 0 Å². The lowest BCUT2D eigenvalue weighted by Gasteiger charge is -2.09. The molecule has 156 valence electrons. The highest BCUT2D eigenvalue weighted by molar-refractivity contribution is 9.10. The summed E-state index contributed by atoms with van der Waals surface area (Å²) in [5.74, 6) is 0.999. The summed E-state index contributed by atoms with van der Waals surface area (Å²) in [7, 11) is 0. The van der Waals surface area contributed by atoms with Crippen molar-refractivity contribution in [3.05, 3.63) is 111 Å². The van der Waals surface area contributed by atoms with Crippen LogP contribution >= 0.6 is 27.5 Å². The Bertz CT molecular complexity index is 1210. The molecule has 4 aromatic rings. The number of para-hydroxylation sites is 1. The number of benzene rings is 3. The summed E-state index contributed by atoms with van der Waals surface area (Å²) < 4.78 is 8.46. The number of carbonyl (C=O) groups excluding carboxylic acids is 1. The van der Waals surface area contributed by atoms with E-state index in [1.54, 1.807) is 23.0 Å². The molecule has 0 aliphatic rings. The lowest BCUT2D eigenvalue weighted by molar-refractivity contribution is 0.102. The zero-order valence-electron chi connectivity index (χ0n) is 16.5. The molecule has 0 aliphatic heterocycles. The van der Waals surface area contributed by atoms with Gasteiger partial charge >= 0.3 is 0 Å². The van der Waals surface area contributed by atoms with Crippen LogP contribution in [0.25, 0.3) is 0 Å². The number of nitrogens with zero attached hydrogens (tertiary/aromatic N) is 2. The van der Waals surface area contributed by atoms with Gasteiger partial charge in [0.2, 0.25) is 0 Å². The summed E-state index contributed by atoms with van der Waals surface area (Å²) in [6.45, 7) is 0.883. The van der Waals surface area contributed by atoms with Crippen LogP contribution in [0.2, 0.25) is 5.02 Å². The maximum atomic E-state index is 12.7. The molecule has 0 unspecified atom stereocenters. The second-order valence-electron chi connectivity index (χ2n) is 6.86. The fourth-order valence-corrected chi connectivity index (χ4v) is 3.63. The van der Waals surface area contributed by atoms with E-state index in [1.807, 2.05) is 66.7 Å². The van der Waals surface area contributed by atoms with Crippen LogP contribution in [0, 0.1) is 0 Å². The lowest BCUT2D eigenvalue weighted by atomic mass is 10.1. The minimum atomic E-state index is -0.231. The minimum absolute atomic E-state index is 0.231. The summed E-state index contributed by atoms with van der Waals surface area (Å²) in [5.41, 5.74) is 2.39. The van der Waals surface area contributed by atoms with Crippen molar-refractivity contribution in [3.8, 4) is 5.75 Å². The molecule has 0 bridgehead atoms. The van der Waals surface area contributed by atoms with E-state index in [9.17, 15) is 4.79 Å². The monoisotopic (exact) mass is 495 g/mol. The summed E-state index contributed by atoms with van der Waals surface area (Å²) in [6, 6.07) is 24.4. The Labute approximate surface area is 193 Å². The van der Waals surface area contributed by atoms with Crippen LogP contribution in [0.3, 0.4) is 0 Å². The Hall–Kier alpha value is -3.09. The number of amides is 1. The Morgan fingerprint density at radius 2 is 1.84 bits per heavy atom. The van der Waals surface area contributed by atoms with Crippen LogP contribution in [0.5, 0.6) is 5.75 Å². The van der Waals surface area contributed by atoms with Crippen molar-refractivity contribution < 1.29 is 9.53 Å². The molecule has 1 N–H and O–H groups in total. The molecule has 0 spiro atoms. The molecule has 1 heterocycles. The highest BCUT2D eigenvalue weighted by atomic mass is 79.9. The highest BCUT2D eigenvalue weighted by Gasteiger charge is 2.10. The molecule has 0 radical (unpaired) electrons. The van der Waals surface area contributed by atoms with Gasteiger partial charge in [0.1, 0.15) is 12.4 Å². The maximum Gasteiger partial charge on any atom is 0.256 e. The third-order valence-corrected chi connectivity index (χ3v) is 5.62. The quantitative estimate of drug-likeness (QED) is 0.332. The van der Waals surface area contributed by atoms with Crippen molar-refractivity contribution in [2.45, 2.75) is 13.2 Å². The molecular formula is C24H19BrClN3O2. The summed E-state index contributed by atoms with van der Waals surface area (Å²) in [5, 5.41) is 7.94. The molecule has 0 atom stereocenters. The standard InChI is InChI=1S/C24H19BrClN3O2/c25-20-9-2-4-11-22(20)31-16-17-6-5-8-18(14-17)24(30)27-23-12-13-29(28-23)15-19-7-1-3-10-21(19)26/h1-14H,15-16H2,(H,27,28,30). The first-order valence-electron chi connectivity index (χ1n) is 9.63. The molecule has 0 aliphatic carbocycles. The third kappa shape index (κ3) is 5.54. The maximum absolute atomic E-state index is 12.7. The lowest BCUT2D eigenvalue weighted by Crippen LogP contribution is -2.13. The fourth-order valence-electron chi connectivity index (χ4n) is 3.03. The molecule has 0 fully saturated rings. The second-order valence-corrected chi connectivity index (χ2v) is 8.13. The van der Waals surface area contributed by atoms with Gasteiger partial charge in [-0.05, 0) is 57.4 Å². The third-order valence-electron chi connectivity index (χ3n) is 4.59. The molecule has 0 saturated heterocycles. The van der Waals surface area contributed by atoms with Gasteiger partial charge in [-0.25, -0.2) is 0 Å². The number of carbonyl (C=O) groups is 1. The van der Waals surface area contributed by atoms with Crippen molar-refractivity contribution >= 4 is 39.3 Å². The Morgan fingerprint density at radius 1 is 1.03 bits per heavy atom. The number of anilines is 1. The predicted molar refractivity (Wildman–Crippen MR) is 126 cm³/mol. The molecule has 1 amide bonds. The molecule has 1 aromatic heterocycles. The van der Waals surface area contributed by atoms with E-state index in [0.29, 0.717) is 29.6 Å². The highest BCUT2D eigenvalue weighted by Crippen LogP contribution is 2.25. The number of halogens is 2. The van der Waals surface area contributed by atoms with Gasteiger partial charge in [0.05, 0.1) is 11.0 Å². The zero-order chi connectivity index (χ0) is 21.6. The van der Waals surface area contributed by atoms with Gasteiger partial charge in [0.15, 0.2) is 5.82 Å². The van der Waals surface area contributed by atoms with Gasteiger partial charge in [-0.1, -0.05) is 54.1 Å². The normalized spacial score (nSPS) is 10.6. The first kappa shape index (κ1) is 21.2. The van der Waals surface area contributed by atoms with Crippen LogP contribution in [0.4, 0.5) is 5.82 Å². The number of hydrogen-bond acceptors (Lipinski definition) is 3. The number of nitrogens with one attached hydrogen (secondary N) is 1. The average molecular weight is 497 g/mol. The van der Waals surface area contributed by atoms with Crippen molar-refractivity contribution in [1.82, 2.24) is 9.78 Å². The number of rotatable bonds is 7. The second kappa shape index (κ2) is 9.81. The SMILES string of the molecule is O=C(Nc1ccn(Cc2ccccc2Cl)n1)c1cccc(COc2ccccc2Br)c1. The molecule has 7 heteroatoms. The Balaban J connectivity index is 1.39. The molecule has 5 nitrogen and oxygen atoms in total. The average Bonchev–Trinajstić information content (AvgIpc) is 3.22. The van der Waals surface area contributed by atoms with Crippen LogP contribution < -0.4 is 10.1 Å². The van der Waals surface area contributed by atoms with Gasteiger partial charge in [-0.2, -0.15) is 5.10 Å². The number of hydrogen-bond donors (Lipinski definition) is 1. The molecule has 4 rings (SSSR count). The van der Waals surface area contributed by atoms with Crippen molar-refractivity contribution in [1.29, 1.82) is 0 Å². The molecule has 0 saturated carbocycles. The Kier molecular flexibility index (Phi) is 6.70. The fraction of sp³-hybridized carbons (Fsp3) is 0.0833. The van der Waals surface area contributed by atoms with E-state index in [0.717, 1.165) is 21.3 Å². The van der Waals surface area contributed by atoms with Crippen molar-refractivity contribution in [2.75, 3.05) is 5.32 Å². The van der Waals surface area contributed by atoms with E-state index in [2.05, 4.69) is 26.3 Å². The minimum Gasteiger partial charge on any atom is -0.488 e. The van der Waals surface area contributed by atoms with E-state index < -0.39 is 0 Å². The van der Waals surface area contributed by atoms with E-state index >= 15 is 0 Å². The molecule has 31 heavy (non-hydrogen) atoms. The summed E-state index contributed by atoms with van der Waals surface area (Å²) in [6.07, 6.45) is 1.81. The Morgan fingerprint density at radius 3 is 2.68 bits per heavy atom. The van der Waals surface area contributed by atoms with Crippen LogP contribution in [-0.2, 0) is 13.2 Å². The molecule has 3 aromatic carbocycles. The predicted octanol–water partition coefficient (Wildman–Crippen LogP) is 6.18. The van der Waals surface area contributed by atoms with Gasteiger partial charge in [0, 0.05) is 22.8 Å².